The number of carbonyl (C=O) groups excluding carboxylic acids is 2. The summed E-state index contributed by atoms with van der Waals surface area (Å²) in [5, 5.41) is 0. The molecule has 0 radical (unpaired) electrons. The maximum Gasteiger partial charge on any atom is 0.320 e. The van der Waals surface area contributed by atoms with Crippen LogP contribution in [0, 0.1) is 11.8 Å². The van der Waals surface area contributed by atoms with Crippen LogP contribution in [0.15, 0.2) is 36.4 Å². The molecule has 0 bridgehead atoms. The Morgan fingerprint density at radius 3 is 2.10 bits per heavy atom. The van der Waals surface area contributed by atoms with E-state index in [2.05, 4.69) is 9.47 Å². The van der Waals surface area contributed by atoms with E-state index in [0.29, 0.717) is 0 Å². The van der Waals surface area contributed by atoms with Gasteiger partial charge in [-0.15, -0.1) is 0 Å². The van der Waals surface area contributed by atoms with Gasteiger partial charge in [0.05, 0.1) is 20.8 Å². The molecule has 1 aromatic carbocycles. The molecule has 5 heteroatoms. The van der Waals surface area contributed by atoms with Gasteiger partial charge in [-0.2, -0.15) is 0 Å². The molecule has 1 rings (SSSR count). The van der Waals surface area contributed by atoms with Gasteiger partial charge in [0.25, 0.3) is 0 Å². The third-order valence-corrected chi connectivity index (χ3v) is 3.03. The van der Waals surface area contributed by atoms with Gasteiger partial charge < -0.3 is 14.2 Å². The van der Waals surface area contributed by atoms with E-state index in [1.54, 1.807) is 6.08 Å². The highest BCUT2D eigenvalue weighted by atomic mass is 16.5. The van der Waals surface area contributed by atoms with Crippen LogP contribution in [0.5, 0.6) is 0 Å². The number of hydrogen-bond donors (Lipinski definition) is 0. The summed E-state index contributed by atoms with van der Waals surface area (Å²) in [7, 11) is 3.99. The zero-order chi connectivity index (χ0) is 15.7. The van der Waals surface area contributed by atoms with Crippen LogP contribution < -0.4 is 0 Å². The highest BCUT2D eigenvalue weighted by molar-refractivity contribution is 5.95. The molecule has 0 saturated carbocycles. The first-order chi connectivity index (χ1) is 10.1. The van der Waals surface area contributed by atoms with E-state index in [9.17, 15) is 9.59 Å². The van der Waals surface area contributed by atoms with Crippen molar-refractivity contribution < 1.29 is 23.8 Å². The number of carbonyl (C=O) groups is 2. The van der Waals surface area contributed by atoms with Gasteiger partial charge >= 0.3 is 11.9 Å². The number of benzene rings is 1. The zero-order valence-electron chi connectivity index (χ0n) is 12.4. The van der Waals surface area contributed by atoms with Crippen LogP contribution in [-0.4, -0.2) is 39.9 Å². The summed E-state index contributed by atoms with van der Waals surface area (Å²) < 4.78 is 14.5. The van der Waals surface area contributed by atoms with Crippen molar-refractivity contribution in [1.82, 2.24) is 0 Å². The van der Waals surface area contributed by atoms with Crippen molar-refractivity contribution in [2.75, 3.05) is 27.9 Å². The van der Waals surface area contributed by atoms with Gasteiger partial charge in [0.1, 0.15) is 0 Å². The molecule has 0 saturated heterocycles. The lowest BCUT2D eigenvalue weighted by atomic mass is 9.92. The van der Waals surface area contributed by atoms with Crippen LogP contribution in [0.25, 0.3) is 6.08 Å². The molecule has 0 aliphatic rings. The summed E-state index contributed by atoms with van der Waals surface area (Å²) in [5.41, 5.74) is 0.965. The minimum absolute atomic E-state index is 0.207. The van der Waals surface area contributed by atoms with Crippen molar-refractivity contribution in [2.24, 2.45) is 11.8 Å². The molecule has 0 aromatic heterocycles. The van der Waals surface area contributed by atoms with Gasteiger partial charge in [-0.3, -0.25) is 9.59 Å². The summed E-state index contributed by atoms with van der Waals surface area (Å²) in [5.74, 6) is -2.78. The second-order valence-electron chi connectivity index (χ2n) is 4.41. The van der Waals surface area contributed by atoms with Crippen LogP contribution in [0.4, 0.5) is 0 Å². The standard InChI is InChI=1S/C16H20O5/c1-19-11-13(10-9-12-7-5-4-6-8-12)14(15(17)20-2)16(18)21-3/h4-10,13-14H,11H2,1-3H3/b10-9+. The Labute approximate surface area is 124 Å². The first kappa shape index (κ1) is 16.9. The van der Waals surface area contributed by atoms with Crippen molar-refractivity contribution in [1.29, 1.82) is 0 Å². The molecule has 1 atom stereocenters. The fourth-order valence-electron chi connectivity index (χ4n) is 1.95. The Morgan fingerprint density at radius 2 is 1.62 bits per heavy atom. The first-order valence-corrected chi connectivity index (χ1v) is 6.51. The molecule has 0 heterocycles. The molecule has 0 fully saturated rings. The lowest BCUT2D eigenvalue weighted by molar-refractivity contribution is -0.161. The molecule has 114 valence electrons. The van der Waals surface area contributed by atoms with E-state index in [1.807, 2.05) is 36.4 Å². The molecule has 0 spiro atoms. The second kappa shape index (κ2) is 8.92. The van der Waals surface area contributed by atoms with Gasteiger partial charge in [-0.1, -0.05) is 42.5 Å². The smallest absolute Gasteiger partial charge is 0.320 e. The summed E-state index contributed by atoms with van der Waals surface area (Å²) in [6.45, 7) is 0.207. The van der Waals surface area contributed by atoms with Gasteiger partial charge in [0.15, 0.2) is 5.92 Å². The van der Waals surface area contributed by atoms with E-state index in [1.165, 1.54) is 21.3 Å². The van der Waals surface area contributed by atoms with Crippen molar-refractivity contribution >= 4 is 18.0 Å². The molecular formula is C16H20O5. The number of ether oxygens (including phenoxy) is 3. The highest BCUT2D eigenvalue weighted by Gasteiger charge is 2.35. The van der Waals surface area contributed by atoms with Crippen LogP contribution >= 0.6 is 0 Å². The van der Waals surface area contributed by atoms with Crippen molar-refractivity contribution in [3.05, 3.63) is 42.0 Å². The van der Waals surface area contributed by atoms with E-state index < -0.39 is 23.8 Å². The van der Waals surface area contributed by atoms with Crippen LogP contribution in [-0.2, 0) is 23.8 Å². The molecular weight excluding hydrogens is 272 g/mol. The first-order valence-electron chi connectivity index (χ1n) is 6.51. The monoisotopic (exact) mass is 292 g/mol. The van der Waals surface area contributed by atoms with Crippen LogP contribution in [0.2, 0.25) is 0 Å². The second-order valence-corrected chi connectivity index (χ2v) is 4.41. The molecule has 0 aliphatic carbocycles. The Morgan fingerprint density at radius 1 is 1.05 bits per heavy atom. The summed E-state index contributed by atoms with van der Waals surface area (Å²) >= 11 is 0. The average molecular weight is 292 g/mol. The SMILES string of the molecule is COCC(/C=C/c1ccccc1)C(C(=O)OC)C(=O)OC. The summed E-state index contributed by atoms with van der Waals surface area (Å²) in [6.07, 6.45) is 3.60. The van der Waals surface area contributed by atoms with Crippen LogP contribution in [0.3, 0.4) is 0 Å². The Balaban J connectivity index is 2.98. The molecule has 1 aromatic rings. The van der Waals surface area contributed by atoms with E-state index in [4.69, 9.17) is 4.74 Å². The van der Waals surface area contributed by atoms with Crippen molar-refractivity contribution in [3.8, 4) is 0 Å². The summed E-state index contributed by atoms with van der Waals surface area (Å²) in [4.78, 5) is 23.7. The third kappa shape index (κ3) is 5.04. The van der Waals surface area contributed by atoms with Crippen LogP contribution in [0.1, 0.15) is 5.56 Å². The lowest BCUT2D eigenvalue weighted by Gasteiger charge is -2.19. The predicted octanol–water partition coefficient (Wildman–Crippen LogP) is 1.92. The molecule has 0 N–H and O–H groups in total. The van der Waals surface area contributed by atoms with Gasteiger partial charge in [0, 0.05) is 13.0 Å². The maximum atomic E-state index is 11.8. The average Bonchev–Trinajstić information content (AvgIpc) is 2.53. The minimum atomic E-state index is -1.04. The fourth-order valence-corrected chi connectivity index (χ4v) is 1.95. The normalized spacial score (nSPS) is 12.4. The number of hydrogen-bond acceptors (Lipinski definition) is 5. The van der Waals surface area contributed by atoms with Gasteiger partial charge in [-0.25, -0.2) is 0 Å². The predicted molar refractivity (Wildman–Crippen MR) is 78.4 cm³/mol. The molecule has 0 amide bonds. The summed E-state index contributed by atoms with van der Waals surface area (Å²) in [6, 6.07) is 9.57. The number of methoxy groups -OCH3 is 3. The molecule has 1 unspecified atom stereocenters. The number of esters is 2. The fraction of sp³-hybridized carbons (Fsp3) is 0.375. The van der Waals surface area contributed by atoms with Gasteiger partial charge in [0.2, 0.25) is 0 Å². The topological polar surface area (TPSA) is 61.8 Å². The van der Waals surface area contributed by atoms with E-state index >= 15 is 0 Å². The molecule has 0 aliphatic heterocycles. The van der Waals surface area contributed by atoms with E-state index in [-0.39, 0.29) is 6.61 Å². The minimum Gasteiger partial charge on any atom is -0.468 e. The molecule has 5 nitrogen and oxygen atoms in total. The Bertz CT molecular complexity index is 465. The van der Waals surface area contributed by atoms with E-state index in [0.717, 1.165) is 5.56 Å². The number of rotatable bonds is 7. The zero-order valence-corrected chi connectivity index (χ0v) is 12.4. The largest absolute Gasteiger partial charge is 0.468 e. The van der Waals surface area contributed by atoms with Gasteiger partial charge in [-0.05, 0) is 5.56 Å². The lowest BCUT2D eigenvalue weighted by Crippen LogP contribution is -2.34. The molecule has 21 heavy (non-hydrogen) atoms. The highest BCUT2D eigenvalue weighted by Crippen LogP contribution is 2.19. The maximum absolute atomic E-state index is 11.8. The van der Waals surface area contributed by atoms with Crippen molar-refractivity contribution in [3.63, 3.8) is 0 Å². The quantitative estimate of drug-likeness (QED) is 0.567. The Hall–Kier alpha value is -2.14. The Kier molecular flexibility index (Phi) is 7.18. The third-order valence-electron chi connectivity index (χ3n) is 3.03. The van der Waals surface area contributed by atoms with Crippen molar-refractivity contribution in [2.45, 2.75) is 0 Å².